The van der Waals surface area contributed by atoms with E-state index in [1.807, 2.05) is 11.0 Å². The summed E-state index contributed by atoms with van der Waals surface area (Å²) in [4.78, 5) is 14.4. The van der Waals surface area contributed by atoms with Crippen LogP contribution in [0.5, 0.6) is 0 Å². The van der Waals surface area contributed by atoms with Gasteiger partial charge < -0.3 is 10.6 Å². The highest BCUT2D eigenvalue weighted by Gasteiger charge is 2.30. The number of carbonyl (C=O) groups excluding carboxylic acids is 1. The fourth-order valence-electron chi connectivity index (χ4n) is 3.61. The standard InChI is InChI=1S/C15H24N4O/c16-13-3-1-2-12(13)10-15(20)19-8-5-11(6-9-19)14-4-7-17-18-14/h4,7,11-13H,1-3,5-6,8-10,16H2,(H,17,18)/t12-,13+/m0/s1. The number of amides is 1. The van der Waals surface area contributed by atoms with Crippen LogP contribution in [-0.4, -0.2) is 40.1 Å². The van der Waals surface area contributed by atoms with E-state index in [-0.39, 0.29) is 6.04 Å². The van der Waals surface area contributed by atoms with Crippen molar-refractivity contribution in [3.8, 4) is 0 Å². The van der Waals surface area contributed by atoms with E-state index in [0.29, 0.717) is 24.2 Å². The number of likely N-dealkylation sites (tertiary alicyclic amines) is 1. The Morgan fingerprint density at radius 1 is 1.35 bits per heavy atom. The molecule has 0 radical (unpaired) electrons. The van der Waals surface area contributed by atoms with E-state index in [9.17, 15) is 4.79 Å². The Balaban J connectivity index is 1.49. The summed E-state index contributed by atoms with van der Waals surface area (Å²) in [6.45, 7) is 1.73. The van der Waals surface area contributed by atoms with Gasteiger partial charge in [-0.05, 0) is 37.7 Å². The van der Waals surface area contributed by atoms with Crippen LogP contribution in [0.1, 0.15) is 50.1 Å². The quantitative estimate of drug-likeness (QED) is 0.881. The maximum atomic E-state index is 12.3. The lowest BCUT2D eigenvalue weighted by atomic mass is 9.92. The topological polar surface area (TPSA) is 75.0 Å². The predicted molar refractivity (Wildman–Crippen MR) is 77.1 cm³/mol. The molecule has 1 amide bonds. The van der Waals surface area contributed by atoms with Gasteiger partial charge in [0.1, 0.15) is 0 Å². The van der Waals surface area contributed by atoms with Gasteiger partial charge in [-0.25, -0.2) is 0 Å². The highest BCUT2D eigenvalue weighted by molar-refractivity contribution is 5.76. The molecular formula is C15H24N4O. The van der Waals surface area contributed by atoms with Crippen LogP contribution >= 0.6 is 0 Å². The fourth-order valence-corrected chi connectivity index (χ4v) is 3.61. The molecule has 1 aromatic heterocycles. The van der Waals surface area contributed by atoms with Crippen molar-refractivity contribution < 1.29 is 4.79 Å². The van der Waals surface area contributed by atoms with Crippen LogP contribution in [0.25, 0.3) is 0 Å². The molecule has 1 aromatic rings. The third kappa shape index (κ3) is 2.87. The number of carbonyl (C=O) groups is 1. The first-order chi connectivity index (χ1) is 9.74. The molecule has 3 N–H and O–H groups in total. The van der Waals surface area contributed by atoms with Crippen LogP contribution in [0.2, 0.25) is 0 Å². The summed E-state index contributed by atoms with van der Waals surface area (Å²) in [6.07, 6.45) is 7.90. The Kier molecular flexibility index (Phi) is 4.05. The van der Waals surface area contributed by atoms with Crippen molar-refractivity contribution in [3.63, 3.8) is 0 Å². The van der Waals surface area contributed by atoms with Crippen LogP contribution < -0.4 is 5.73 Å². The monoisotopic (exact) mass is 276 g/mol. The van der Waals surface area contributed by atoms with Gasteiger partial charge in [0.15, 0.2) is 0 Å². The van der Waals surface area contributed by atoms with Gasteiger partial charge in [0, 0.05) is 43.4 Å². The number of hydrogen-bond donors (Lipinski definition) is 2. The van der Waals surface area contributed by atoms with E-state index in [1.54, 1.807) is 6.20 Å². The molecule has 0 bridgehead atoms. The summed E-state index contributed by atoms with van der Waals surface area (Å²) in [5.41, 5.74) is 7.26. The minimum absolute atomic E-state index is 0.237. The molecule has 0 unspecified atom stereocenters. The first-order valence-electron chi connectivity index (χ1n) is 7.76. The van der Waals surface area contributed by atoms with Crippen LogP contribution in [0.3, 0.4) is 0 Å². The average molecular weight is 276 g/mol. The van der Waals surface area contributed by atoms with E-state index in [4.69, 9.17) is 5.73 Å². The van der Waals surface area contributed by atoms with Crippen molar-refractivity contribution >= 4 is 5.91 Å². The Bertz CT molecular complexity index is 437. The summed E-state index contributed by atoms with van der Waals surface area (Å²) < 4.78 is 0. The maximum Gasteiger partial charge on any atom is 0.222 e. The van der Waals surface area contributed by atoms with Gasteiger partial charge >= 0.3 is 0 Å². The number of nitrogens with two attached hydrogens (primary N) is 1. The summed E-state index contributed by atoms with van der Waals surface area (Å²) in [5.74, 6) is 1.23. The zero-order chi connectivity index (χ0) is 13.9. The van der Waals surface area contributed by atoms with Gasteiger partial charge in [0.2, 0.25) is 5.91 Å². The molecule has 5 heteroatoms. The van der Waals surface area contributed by atoms with Crippen LogP contribution in [-0.2, 0) is 4.79 Å². The van der Waals surface area contributed by atoms with E-state index in [1.165, 1.54) is 12.1 Å². The number of rotatable bonds is 3. The molecule has 2 fully saturated rings. The summed E-state index contributed by atoms with van der Waals surface area (Å²) in [5, 5.41) is 7.05. The molecule has 5 nitrogen and oxygen atoms in total. The molecule has 2 heterocycles. The second kappa shape index (κ2) is 5.95. The highest BCUT2D eigenvalue weighted by atomic mass is 16.2. The van der Waals surface area contributed by atoms with E-state index < -0.39 is 0 Å². The van der Waals surface area contributed by atoms with Gasteiger partial charge in [-0.15, -0.1) is 0 Å². The number of nitrogens with zero attached hydrogens (tertiary/aromatic N) is 2. The summed E-state index contributed by atoms with van der Waals surface area (Å²) in [7, 11) is 0. The lowest BCUT2D eigenvalue weighted by molar-refractivity contribution is -0.133. The minimum atomic E-state index is 0.237. The molecule has 1 saturated carbocycles. The molecule has 2 aliphatic rings. The fraction of sp³-hybridized carbons (Fsp3) is 0.733. The van der Waals surface area contributed by atoms with Crippen molar-refractivity contribution in [1.82, 2.24) is 15.1 Å². The zero-order valence-corrected chi connectivity index (χ0v) is 11.9. The number of aromatic nitrogens is 2. The first-order valence-corrected chi connectivity index (χ1v) is 7.76. The third-order valence-electron chi connectivity index (χ3n) is 4.96. The van der Waals surface area contributed by atoms with Crippen molar-refractivity contribution in [1.29, 1.82) is 0 Å². The lowest BCUT2D eigenvalue weighted by Crippen LogP contribution is -2.40. The highest BCUT2D eigenvalue weighted by Crippen LogP contribution is 2.30. The average Bonchev–Trinajstić information content (AvgIpc) is 3.12. The van der Waals surface area contributed by atoms with Gasteiger partial charge in [-0.2, -0.15) is 5.10 Å². The van der Waals surface area contributed by atoms with Gasteiger partial charge in [0.25, 0.3) is 0 Å². The molecule has 1 saturated heterocycles. The van der Waals surface area contributed by atoms with Crippen LogP contribution in [0, 0.1) is 5.92 Å². The lowest BCUT2D eigenvalue weighted by Gasteiger charge is -2.32. The maximum absolute atomic E-state index is 12.3. The number of piperidine rings is 1. The smallest absolute Gasteiger partial charge is 0.222 e. The Morgan fingerprint density at radius 2 is 2.15 bits per heavy atom. The third-order valence-corrected chi connectivity index (χ3v) is 4.96. The van der Waals surface area contributed by atoms with E-state index in [2.05, 4.69) is 10.2 Å². The van der Waals surface area contributed by atoms with Crippen molar-refractivity contribution in [2.45, 2.75) is 50.5 Å². The van der Waals surface area contributed by atoms with Crippen molar-refractivity contribution in [2.24, 2.45) is 11.7 Å². The number of nitrogens with one attached hydrogen (secondary N) is 1. The first kappa shape index (κ1) is 13.6. The molecule has 1 aliphatic heterocycles. The minimum Gasteiger partial charge on any atom is -0.343 e. The van der Waals surface area contributed by atoms with Crippen molar-refractivity contribution in [3.05, 3.63) is 18.0 Å². The summed E-state index contributed by atoms with van der Waals surface area (Å²) in [6, 6.07) is 2.28. The van der Waals surface area contributed by atoms with Crippen LogP contribution in [0.4, 0.5) is 0 Å². The molecule has 110 valence electrons. The zero-order valence-electron chi connectivity index (χ0n) is 11.9. The number of aromatic amines is 1. The molecular weight excluding hydrogens is 252 g/mol. The van der Waals surface area contributed by atoms with Crippen molar-refractivity contribution in [2.75, 3.05) is 13.1 Å². The van der Waals surface area contributed by atoms with Gasteiger partial charge in [0.05, 0.1) is 0 Å². The second-order valence-electron chi connectivity index (χ2n) is 6.23. The molecule has 0 aromatic carbocycles. The molecule has 20 heavy (non-hydrogen) atoms. The van der Waals surface area contributed by atoms with E-state index in [0.717, 1.165) is 38.8 Å². The second-order valence-corrected chi connectivity index (χ2v) is 6.23. The Labute approximate surface area is 119 Å². The van der Waals surface area contributed by atoms with Gasteiger partial charge in [-0.1, -0.05) is 6.42 Å². The van der Waals surface area contributed by atoms with Gasteiger partial charge in [-0.3, -0.25) is 9.89 Å². The van der Waals surface area contributed by atoms with Crippen LogP contribution in [0.15, 0.2) is 12.3 Å². The summed E-state index contributed by atoms with van der Waals surface area (Å²) >= 11 is 0. The number of hydrogen-bond acceptors (Lipinski definition) is 3. The molecule has 1 aliphatic carbocycles. The SMILES string of the molecule is N[C@@H]1CCC[C@H]1CC(=O)N1CCC(c2ccn[nH]2)CC1. The normalized spacial score (nSPS) is 27.9. The van der Waals surface area contributed by atoms with E-state index >= 15 is 0 Å². The molecule has 0 spiro atoms. The predicted octanol–water partition coefficient (Wildman–Crippen LogP) is 1.63. The largest absolute Gasteiger partial charge is 0.343 e. The Hall–Kier alpha value is -1.36. The molecule has 2 atom stereocenters. The molecule has 3 rings (SSSR count). The number of H-pyrrole nitrogens is 1. The Morgan fingerprint density at radius 3 is 2.75 bits per heavy atom.